The quantitative estimate of drug-likeness (QED) is 0.385. The van der Waals surface area contributed by atoms with E-state index < -0.39 is 0 Å². The Morgan fingerprint density at radius 1 is 1.06 bits per heavy atom. The van der Waals surface area contributed by atoms with E-state index in [1.807, 2.05) is 6.07 Å². The van der Waals surface area contributed by atoms with E-state index in [1.165, 1.54) is 27.8 Å². The van der Waals surface area contributed by atoms with Crippen molar-refractivity contribution in [1.29, 1.82) is 0 Å². The van der Waals surface area contributed by atoms with Gasteiger partial charge >= 0.3 is 0 Å². The zero-order chi connectivity index (χ0) is 22.4. The number of nitrogens with zero attached hydrogens (tertiary/aromatic N) is 1. The Morgan fingerprint density at radius 2 is 1.91 bits per heavy atom. The molecular weight excluding hydrogens is 428 g/mol. The van der Waals surface area contributed by atoms with Crippen LogP contribution in [0.25, 0.3) is 10.9 Å². The molecular formula is C29H29ClN2O. The summed E-state index contributed by atoms with van der Waals surface area (Å²) in [6.45, 7) is 3.20. The van der Waals surface area contributed by atoms with Crippen molar-refractivity contribution in [1.82, 2.24) is 9.88 Å². The van der Waals surface area contributed by atoms with E-state index in [2.05, 4.69) is 76.6 Å². The van der Waals surface area contributed by atoms with Gasteiger partial charge in [-0.25, -0.2) is 0 Å². The molecule has 168 valence electrons. The number of benzene rings is 3. The van der Waals surface area contributed by atoms with E-state index in [0.717, 1.165) is 55.2 Å². The number of methoxy groups -OCH3 is 1. The monoisotopic (exact) mass is 456 g/mol. The van der Waals surface area contributed by atoms with Gasteiger partial charge in [0.05, 0.1) is 17.6 Å². The van der Waals surface area contributed by atoms with Gasteiger partial charge in [-0.15, -0.1) is 0 Å². The highest BCUT2D eigenvalue weighted by Crippen LogP contribution is 2.50. The summed E-state index contributed by atoms with van der Waals surface area (Å²) in [4.78, 5) is 6.36. The Kier molecular flexibility index (Phi) is 5.20. The number of rotatable bonds is 4. The molecule has 0 saturated carbocycles. The Hall–Kier alpha value is -2.75. The second kappa shape index (κ2) is 8.23. The van der Waals surface area contributed by atoms with E-state index in [0.29, 0.717) is 5.92 Å². The number of likely N-dealkylation sites (tertiary alicyclic amines) is 1. The van der Waals surface area contributed by atoms with Gasteiger partial charge in [0.15, 0.2) is 0 Å². The molecule has 1 aliphatic carbocycles. The highest BCUT2D eigenvalue weighted by Gasteiger charge is 2.48. The summed E-state index contributed by atoms with van der Waals surface area (Å²) in [5, 5.41) is 2.10. The molecule has 33 heavy (non-hydrogen) atoms. The van der Waals surface area contributed by atoms with Crippen molar-refractivity contribution in [2.24, 2.45) is 5.92 Å². The molecule has 3 aromatic carbocycles. The molecule has 1 unspecified atom stereocenters. The molecule has 1 saturated heterocycles. The van der Waals surface area contributed by atoms with Crippen molar-refractivity contribution < 1.29 is 4.74 Å². The molecule has 4 heteroatoms. The number of para-hydroxylation sites is 1. The number of hydrogen-bond acceptors (Lipinski definition) is 2. The summed E-state index contributed by atoms with van der Waals surface area (Å²) in [5.41, 5.74) is 6.79. The van der Waals surface area contributed by atoms with Gasteiger partial charge in [-0.2, -0.15) is 0 Å². The highest BCUT2D eigenvalue weighted by molar-refractivity contribution is 6.35. The third kappa shape index (κ3) is 3.55. The van der Waals surface area contributed by atoms with Gasteiger partial charge in [-0.05, 0) is 66.6 Å². The molecule has 1 N–H and O–H groups in total. The van der Waals surface area contributed by atoms with Crippen molar-refractivity contribution in [3.63, 3.8) is 0 Å². The summed E-state index contributed by atoms with van der Waals surface area (Å²) in [5.74, 6) is 1.48. The first-order valence-corrected chi connectivity index (χ1v) is 12.2. The number of hydrogen-bond donors (Lipinski definition) is 1. The van der Waals surface area contributed by atoms with Crippen LogP contribution in [0, 0.1) is 5.92 Å². The number of H-pyrrole nitrogens is 1. The van der Waals surface area contributed by atoms with E-state index >= 15 is 0 Å². The molecule has 0 amide bonds. The van der Waals surface area contributed by atoms with Crippen molar-refractivity contribution in [3.8, 4) is 5.75 Å². The first-order chi connectivity index (χ1) is 16.2. The number of aromatic amines is 1. The van der Waals surface area contributed by atoms with Crippen LogP contribution in [0.2, 0.25) is 5.02 Å². The minimum Gasteiger partial charge on any atom is -0.497 e. The maximum absolute atomic E-state index is 6.58. The molecule has 0 radical (unpaired) electrons. The van der Waals surface area contributed by atoms with Gasteiger partial charge < -0.3 is 9.72 Å². The lowest BCUT2D eigenvalue weighted by molar-refractivity contribution is 0.0765. The Bertz CT molecular complexity index is 1300. The largest absolute Gasteiger partial charge is 0.497 e. The van der Waals surface area contributed by atoms with Gasteiger partial charge in [0, 0.05) is 29.6 Å². The number of ether oxygens (including phenoxy) is 1. The van der Waals surface area contributed by atoms with Gasteiger partial charge in [0.25, 0.3) is 0 Å². The minimum atomic E-state index is 0.0993. The first kappa shape index (κ1) is 20.8. The zero-order valence-electron chi connectivity index (χ0n) is 19.0. The van der Waals surface area contributed by atoms with Crippen molar-refractivity contribution >= 4 is 22.5 Å². The fourth-order valence-electron chi connectivity index (χ4n) is 6.27. The van der Waals surface area contributed by atoms with Crippen LogP contribution in [0.1, 0.15) is 28.8 Å². The maximum Gasteiger partial charge on any atom is 0.119 e. The van der Waals surface area contributed by atoms with Gasteiger partial charge in [0.1, 0.15) is 5.75 Å². The van der Waals surface area contributed by atoms with Crippen molar-refractivity contribution in [2.45, 2.75) is 31.2 Å². The molecule has 4 aromatic rings. The lowest BCUT2D eigenvalue weighted by Crippen LogP contribution is -2.53. The summed E-state index contributed by atoms with van der Waals surface area (Å²) in [6, 6.07) is 25.9. The molecule has 1 aliphatic heterocycles. The number of nitrogens with one attached hydrogen (secondary N) is 1. The Morgan fingerprint density at radius 3 is 2.76 bits per heavy atom. The SMILES string of the molecule is COc1cccc([C@@]23CCN(Cc4ccccc4)CC2Cc2c([nH]c4c(Cl)cccc24)C3)c1. The average Bonchev–Trinajstić information content (AvgIpc) is 3.22. The standard InChI is InChI=1S/C29H29ClN2O/c1-33-23-10-5-9-21(15-23)29-13-14-32(18-20-7-3-2-4-8-20)19-22(29)16-25-24-11-6-12-26(30)28(24)31-27(25)17-29/h2-12,15,22,31H,13-14,16-19H2,1H3/t22?,29-/m0/s1. The van der Waals surface area contributed by atoms with Gasteiger partial charge in [0.2, 0.25) is 0 Å². The maximum atomic E-state index is 6.58. The van der Waals surface area contributed by atoms with E-state index in [1.54, 1.807) is 7.11 Å². The van der Waals surface area contributed by atoms with Crippen LogP contribution in [-0.4, -0.2) is 30.1 Å². The van der Waals surface area contributed by atoms with Crippen LogP contribution in [0.15, 0.2) is 72.8 Å². The molecule has 2 aliphatic rings. The molecule has 1 aromatic heterocycles. The zero-order valence-corrected chi connectivity index (χ0v) is 19.7. The fourth-order valence-corrected chi connectivity index (χ4v) is 6.49. The second-order valence-electron chi connectivity index (χ2n) is 9.68. The third-order valence-corrected chi connectivity index (χ3v) is 8.26. The molecule has 0 bridgehead atoms. The van der Waals surface area contributed by atoms with E-state index in [4.69, 9.17) is 16.3 Å². The Balaban J connectivity index is 1.42. The average molecular weight is 457 g/mol. The number of fused-ring (bicyclic) bond motifs is 4. The normalized spacial score (nSPS) is 22.7. The van der Waals surface area contributed by atoms with Crippen LogP contribution in [-0.2, 0) is 24.8 Å². The molecule has 3 nitrogen and oxygen atoms in total. The van der Waals surface area contributed by atoms with Crippen LogP contribution >= 0.6 is 11.6 Å². The smallest absolute Gasteiger partial charge is 0.119 e. The predicted octanol–water partition coefficient (Wildman–Crippen LogP) is 6.39. The van der Waals surface area contributed by atoms with Crippen LogP contribution < -0.4 is 4.74 Å². The molecule has 6 rings (SSSR count). The van der Waals surface area contributed by atoms with Crippen molar-refractivity contribution in [3.05, 3.63) is 100 Å². The van der Waals surface area contributed by atoms with Gasteiger partial charge in [-0.3, -0.25) is 4.90 Å². The first-order valence-electron chi connectivity index (χ1n) is 11.8. The molecule has 0 spiro atoms. The number of piperidine rings is 1. The summed E-state index contributed by atoms with van der Waals surface area (Å²) in [6.07, 6.45) is 3.22. The van der Waals surface area contributed by atoms with Crippen LogP contribution in [0.5, 0.6) is 5.75 Å². The van der Waals surface area contributed by atoms with E-state index in [9.17, 15) is 0 Å². The summed E-state index contributed by atoms with van der Waals surface area (Å²) < 4.78 is 5.62. The lowest BCUT2D eigenvalue weighted by atomic mass is 9.58. The number of halogens is 1. The second-order valence-corrected chi connectivity index (χ2v) is 10.1. The summed E-state index contributed by atoms with van der Waals surface area (Å²) in [7, 11) is 1.76. The highest BCUT2D eigenvalue weighted by atomic mass is 35.5. The summed E-state index contributed by atoms with van der Waals surface area (Å²) >= 11 is 6.58. The van der Waals surface area contributed by atoms with Crippen LogP contribution in [0.3, 0.4) is 0 Å². The minimum absolute atomic E-state index is 0.0993. The topological polar surface area (TPSA) is 28.3 Å². The predicted molar refractivity (Wildman–Crippen MR) is 135 cm³/mol. The van der Waals surface area contributed by atoms with Gasteiger partial charge in [-0.1, -0.05) is 66.2 Å². The molecule has 2 atom stereocenters. The number of aromatic nitrogens is 1. The molecule has 2 heterocycles. The molecule has 1 fully saturated rings. The van der Waals surface area contributed by atoms with Crippen molar-refractivity contribution in [2.75, 3.05) is 20.2 Å². The van der Waals surface area contributed by atoms with E-state index in [-0.39, 0.29) is 5.41 Å². The lowest BCUT2D eigenvalue weighted by Gasteiger charge is -2.51. The Labute approximate surface area is 200 Å². The third-order valence-electron chi connectivity index (χ3n) is 7.95. The van der Waals surface area contributed by atoms with Crippen LogP contribution in [0.4, 0.5) is 0 Å². The fraction of sp³-hybridized carbons (Fsp3) is 0.310.